The van der Waals surface area contributed by atoms with Crippen LogP contribution >= 0.6 is 22.9 Å². The normalized spacial score (nSPS) is 17.7. The summed E-state index contributed by atoms with van der Waals surface area (Å²) in [6.07, 6.45) is 7.84. The molecule has 1 aliphatic carbocycles. The highest BCUT2D eigenvalue weighted by atomic mass is 35.5. The summed E-state index contributed by atoms with van der Waals surface area (Å²) in [5.74, 6) is 0. The van der Waals surface area contributed by atoms with Gasteiger partial charge in [0.15, 0.2) is 0 Å². The SMILES string of the molecule is CCCNC(=O)N1Cc2c(sc3c2CCCC3)-n2cccc2[C@H]1c1ccc(Cl)cc1. The van der Waals surface area contributed by atoms with Gasteiger partial charge in [-0.1, -0.05) is 30.7 Å². The van der Waals surface area contributed by atoms with Crippen LogP contribution in [0, 0.1) is 0 Å². The summed E-state index contributed by atoms with van der Waals surface area (Å²) in [7, 11) is 0. The van der Waals surface area contributed by atoms with Crippen LogP contribution in [0.5, 0.6) is 0 Å². The van der Waals surface area contributed by atoms with Crippen molar-refractivity contribution >= 4 is 29.0 Å². The lowest BCUT2D eigenvalue weighted by atomic mass is 9.95. The molecule has 0 radical (unpaired) electrons. The van der Waals surface area contributed by atoms with Crippen LogP contribution in [0.1, 0.15) is 59.5 Å². The second kappa shape index (κ2) is 8.12. The van der Waals surface area contributed by atoms with Gasteiger partial charge < -0.3 is 14.8 Å². The Hall–Kier alpha value is -2.24. The lowest BCUT2D eigenvalue weighted by Gasteiger charge is -2.31. The molecule has 0 bridgehead atoms. The van der Waals surface area contributed by atoms with E-state index in [4.69, 9.17) is 11.6 Å². The van der Waals surface area contributed by atoms with Crippen molar-refractivity contribution in [2.24, 2.45) is 0 Å². The molecule has 30 heavy (non-hydrogen) atoms. The van der Waals surface area contributed by atoms with Gasteiger partial charge in [0.05, 0.1) is 18.3 Å². The Morgan fingerprint density at radius 2 is 1.97 bits per heavy atom. The molecule has 2 aromatic heterocycles. The van der Waals surface area contributed by atoms with Crippen LogP contribution in [0.25, 0.3) is 5.00 Å². The molecule has 4 nitrogen and oxygen atoms in total. The molecule has 1 atom stereocenters. The number of carbonyl (C=O) groups is 1. The first-order valence-corrected chi connectivity index (χ1v) is 12.0. The van der Waals surface area contributed by atoms with Crippen LogP contribution < -0.4 is 5.32 Å². The molecule has 0 saturated carbocycles. The number of benzene rings is 1. The minimum atomic E-state index is -0.159. The van der Waals surface area contributed by atoms with Crippen molar-refractivity contribution in [1.29, 1.82) is 0 Å². The van der Waals surface area contributed by atoms with Gasteiger partial charge in [0, 0.05) is 28.2 Å². The van der Waals surface area contributed by atoms with E-state index in [0.29, 0.717) is 18.1 Å². The maximum atomic E-state index is 13.4. The summed E-state index contributed by atoms with van der Waals surface area (Å²) in [5, 5.41) is 5.11. The average Bonchev–Trinajstić information content (AvgIpc) is 3.35. The lowest BCUT2D eigenvalue weighted by molar-refractivity contribution is 0.180. The van der Waals surface area contributed by atoms with Crippen LogP contribution in [0.15, 0.2) is 42.6 Å². The van der Waals surface area contributed by atoms with Crippen molar-refractivity contribution in [3.05, 3.63) is 74.9 Å². The van der Waals surface area contributed by atoms with Gasteiger partial charge in [-0.2, -0.15) is 0 Å². The van der Waals surface area contributed by atoms with E-state index < -0.39 is 0 Å². The van der Waals surface area contributed by atoms with Crippen molar-refractivity contribution in [3.8, 4) is 5.00 Å². The minimum Gasteiger partial charge on any atom is -0.338 e. The third kappa shape index (κ3) is 3.34. The Morgan fingerprint density at radius 3 is 2.77 bits per heavy atom. The molecule has 0 unspecified atom stereocenters. The van der Waals surface area contributed by atoms with E-state index in [2.05, 4.69) is 35.1 Å². The fourth-order valence-corrected chi connectivity index (χ4v) is 6.25. The van der Waals surface area contributed by atoms with Crippen LogP contribution in [-0.2, 0) is 19.4 Å². The van der Waals surface area contributed by atoms with Crippen molar-refractivity contribution in [3.63, 3.8) is 0 Å². The topological polar surface area (TPSA) is 37.3 Å². The average molecular weight is 440 g/mol. The summed E-state index contributed by atoms with van der Waals surface area (Å²) in [5.41, 5.74) is 5.01. The smallest absolute Gasteiger partial charge is 0.318 e. The molecule has 6 heteroatoms. The molecule has 0 spiro atoms. The van der Waals surface area contributed by atoms with E-state index in [1.165, 1.54) is 33.8 Å². The number of hydrogen-bond donors (Lipinski definition) is 1. The summed E-state index contributed by atoms with van der Waals surface area (Å²) < 4.78 is 2.31. The number of urea groups is 1. The number of thiophene rings is 1. The standard InChI is InChI=1S/C24H26ClN3OS/c1-2-13-26-24(29)28-15-19-18-6-3-4-8-21(18)30-23(19)27-14-5-7-20(27)22(28)16-9-11-17(25)12-10-16/h5,7,9-12,14,22H,2-4,6,8,13,15H2,1H3,(H,26,29)/t22-/m1/s1. The van der Waals surface area contributed by atoms with E-state index >= 15 is 0 Å². The zero-order valence-electron chi connectivity index (χ0n) is 17.2. The summed E-state index contributed by atoms with van der Waals surface area (Å²) in [6.45, 7) is 3.39. The minimum absolute atomic E-state index is 0.00633. The predicted octanol–water partition coefficient (Wildman–Crippen LogP) is 6.10. The highest BCUT2D eigenvalue weighted by Gasteiger charge is 2.35. The first-order chi connectivity index (χ1) is 14.7. The molecule has 0 saturated heterocycles. The van der Waals surface area contributed by atoms with Gasteiger partial charge >= 0.3 is 6.03 Å². The Labute approximate surface area is 186 Å². The molecule has 5 rings (SSSR count). The second-order valence-corrected chi connectivity index (χ2v) is 9.63. The fourth-order valence-electron chi connectivity index (χ4n) is 4.72. The summed E-state index contributed by atoms with van der Waals surface area (Å²) in [4.78, 5) is 16.9. The van der Waals surface area contributed by atoms with E-state index in [9.17, 15) is 4.79 Å². The van der Waals surface area contributed by atoms with Gasteiger partial charge in [-0.25, -0.2) is 4.79 Å². The summed E-state index contributed by atoms with van der Waals surface area (Å²) in [6, 6.07) is 12.0. The van der Waals surface area contributed by atoms with Gasteiger partial charge in [-0.3, -0.25) is 0 Å². The predicted molar refractivity (Wildman–Crippen MR) is 123 cm³/mol. The molecule has 2 aliphatic rings. The largest absolute Gasteiger partial charge is 0.338 e. The molecule has 3 aromatic rings. The van der Waals surface area contributed by atoms with E-state index in [1.807, 2.05) is 40.5 Å². The molecular weight excluding hydrogens is 414 g/mol. The van der Waals surface area contributed by atoms with Gasteiger partial charge in [0.25, 0.3) is 0 Å². The maximum Gasteiger partial charge on any atom is 0.318 e. The molecular formula is C24H26ClN3OS. The number of hydrogen-bond acceptors (Lipinski definition) is 2. The van der Waals surface area contributed by atoms with Crippen LogP contribution in [0.4, 0.5) is 4.79 Å². The molecule has 3 heterocycles. The van der Waals surface area contributed by atoms with Crippen molar-refractivity contribution in [1.82, 2.24) is 14.8 Å². The van der Waals surface area contributed by atoms with Crippen molar-refractivity contribution in [2.45, 2.75) is 51.6 Å². The molecule has 1 N–H and O–H groups in total. The Balaban J connectivity index is 1.67. The molecule has 156 valence electrons. The quantitative estimate of drug-likeness (QED) is 0.526. The van der Waals surface area contributed by atoms with Gasteiger partial charge in [-0.15, -0.1) is 11.3 Å². The lowest BCUT2D eigenvalue weighted by Crippen LogP contribution is -2.42. The molecule has 1 aliphatic heterocycles. The van der Waals surface area contributed by atoms with E-state index in [0.717, 1.165) is 30.5 Å². The Morgan fingerprint density at radius 1 is 1.17 bits per heavy atom. The Kier molecular flexibility index (Phi) is 5.34. The third-order valence-corrected chi connectivity index (χ3v) is 7.74. The maximum absolute atomic E-state index is 13.4. The number of aromatic nitrogens is 1. The van der Waals surface area contributed by atoms with Crippen LogP contribution in [0.2, 0.25) is 5.02 Å². The number of nitrogens with zero attached hydrogens (tertiary/aromatic N) is 2. The van der Waals surface area contributed by atoms with Crippen molar-refractivity contribution in [2.75, 3.05) is 6.54 Å². The van der Waals surface area contributed by atoms with Gasteiger partial charge in [0.1, 0.15) is 5.00 Å². The fraction of sp³-hybridized carbons (Fsp3) is 0.375. The van der Waals surface area contributed by atoms with Crippen molar-refractivity contribution < 1.29 is 4.79 Å². The number of halogens is 1. The number of rotatable bonds is 3. The second-order valence-electron chi connectivity index (χ2n) is 8.11. The van der Waals surface area contributed by atoms with E-state index in [-0.39, 0.29) is 12.1 Å². The number of fused-ring (bicyclic) bond motifs is 5. The Bertz CT molecular complexity index is 1070. The third-order valence-electron chi connectivity index (χ3n) is 6.15. The van der Waals surface area contributed by atoms with Crippen LogP contribution in [0.3, 0.4) is 0 Å². The zero-order valence-corrected chi connectivity index (χ0v) is 18.7. The van der Waals surface area contributed by atoms with Crippen LogP contribution in [-0.4, -0.2) is 22.0 Å². The van der Waals surface area contributed by atoms with Gasteiger partial charge in [0.2, 0.25) is 0 Å². The highest BCUT2D eigenvalue weighted by Crippen LogP contribution is 2.44. The van der Waals surface area contributed by atoms with E-state index in [1.54, 1.807) is 0 Å². The zero-order chi connectivity index (χ0) is 20.7. The number of amides is 2. The number of nitrogens with one attached hydrogen (secondary N) is 1. The highest BCUT2D eigenvalue weighted by molar-refractivity contribution is 7.15. The first-order valence-electron chi connectivity index (χ1n) is 10.8. The molecule has 0 fully saturated rings. The number of carbonyl (C=O) groups excluding carboxylic acids is 1. The van der Waals surface area contributed by atoms with Gasteiger partial charge in [-0.05, 0) is 67.5 Å². The summed E-state index contributed by atoms with van der Waals surface area (Å²) >= 11 is 8.08. The first kappa shape index (κ1) is 19.7. The molecule has 1 aromatic carbocycles. The monoisotopic (exact) mass is 439 g/mol. The molecule has 2 amide bonds. The number of aryl methyl sites for hydroxylation is 1.